The summed E-state index contributed by atoms with van der Waals surface area (Å²) in [6.45, 7) is 0.885. The first-order chi connectivity index (χ1) is 11.9. The van der Waals surface area contributed by atoms with Gasteiger partial charge in [-0.15, -0.1) is 11.8 Å². The van der Waals surface area contributed by atoms with Crippen molar-refractivity contribution < 1.29 is 0 Å². The lowest BCUT2D eigenvalue weighted by Gasteiger charge is -2.06. The quantitative estimate of drug-likeness (QED) is 0.610. The molecule has 0 amide bonds. The van der Waals surface area contributed by atoms with Crippen molar-refractivity contribution in [2.45, 2.75) is 42.4 Å². The van der Waals surface area contributed by atoms with Gasteiger partial charge in [-0.05, 0) is 37.0 Å². The van der Waals surface area contributed by atoms with Crippen LogP contribution in [0.2, 0.25) is 0 Å². The van der Waals surface area contributed by atoms with Crippen LogP contribution in [0.25, 0.3) is 0 Å². The molecule has 0 saturated heterocycles. The van der Waals surface area contributed by atoms with E-state index in [-0.39, 0.29) is 0 Å². The number of rotatable bonds is 7. The molecule has 2 heterocycles. The third-order valence-electron chi connectivity index (χ3n) is 4.18. The van der Waals surface area contributed by atoms with E-state index in [2.05, 4.69) is 40.0 Å². The highest BCUT2D eigenvalue weighted by molar-refractivity contribution is 7.98. The first kappa shape index (κ1) is 15.4. The minimum Gasteiger partial charge on any atom is -0.265 e. The van der Waals surface area contributed by atoms with E-state index in [0.29, 0.717) is 5.92 Å². The number of thioether (sulfide) groups is 1. The maximum atomic E-state index is 4.81. The normalized spacial score (nSPS) is 14.0. The molecule has 0 unspecified atom stereocenters. The Morgan fingerprint density at radius 1 is 1.04 bits per heavy atom. The lowest BCUT2D eigenvalue weighted by atomic mass is 10.1. The van der Waals surface area contributed by atoms with Crippen molar-refractivity contribution in [2.75, 3.05) is 0 Å². The highest BCUT2D eigenvalue weighted by Gasteiger charge is 2.28. The van der Waals surface area contributed by atoms with Crippen molar-refractivity contribution in [1.82, 2.24) is 19.7 Å². The van der Waals surface area contributed by atoms with Crippen LogP contribution in [0.5, 0.6) is 0 Å². The molecular formula is C19H20N4S. The van der Waals surface area contributed by atoms with Gasteiger partial charge in [0.2, 0.25) is 0 Å². The van der Waals surface area contributed by atoms with Crippen molar-refractivity contribution in [3.8, 4) is 0 Å². The smallest absolute Gasteiger partial charge is 0.154 e. The van der Waals surface area contributed by atoms with Crippen LogP contribution in [0.15, 0.2) is 59.8 Å². The maximum Gasteiger partial charge on any atom is 0.154 e. The lowest BCUT2D eigenvalue weighted by Crippen LogP contribution is -2.07. The fourth-order valence-electron chi connectivity index (χ4n) is 2.66. The van der Waals surface area contributed by atoms with Gasteiger partial charge in [0.25, 0.3) is 0 Å². The highest BCUT2D eigenvalue weighted by Crippen LogP contribution is 2.38. The molecule has 0 bridgehead atoms. The Balaban J connectivity index is 1.47. The van der Waals surface area contributed by atoms with Crippen LogP contribution < -0.4 is 0 Å². The number of benzene rings is 1. The second-order valence-electron chi connectivity index (χ2n) is 6.09. The van der Waals surface area contributed by atoms with Gasteiger partial charge in [-0.1, -0.05) is 30.3 Å². The molecule has 1 fully saturated rings. The molecule has 4 nitrogen and oxygen atoms in total. The molecule has 1 aromatic carbocycles. The SMILES string of the molecule is c1ccc(CCn2nc(C3CC3)nc2CSc2ccncc2)cc1. The van der Waals surface area contributed by atoms with Crippen LogP contribution in [0.1, 0.15) is 36.0 Å². The van der Waals surface area contributed by atoms with Gasteiger partial charge in [0.1, 0.15) is 5.82 Å². The van der Waals surface area contributed by atoms with Crippen molar-refractivity contribution in [3.05, 3.63) is 72.1 Å². The molecule has 5 heteroatoms. The van der Waals surface area contributed by atoms with E-state index in [1.165, 1.54) is 23.3 Å². The minimum absolute atomic E-state index is 0.590. The van der Waals surface area contributed by atoms with Gasteiger partial charge in [-0.2, -0.15) is 5.10 Å². The standard InChI is InChI=1S/C19H20N4S/c1-2-4-15(5-3-1)10-13-23-18(21-19(22-23)16-6-7-16)14-24-17-8-11-20-12-9-17/h1-5,8-9,11-12,16H,6-7,10,13-14H2. The van der Waals surface area contributed by atoms with E-state index in [4.69, 9.17) is 10.1 Å². The third-order valence-corrected chi connectivity index (χ3v) is 5.19. The molecular weight excluding hydrogens is 316 g/mol. The number of pyridine rings is 1. The Kier molecular flexibility index (Phi) is 4.60. The van der Waals surface area contributed by atoms with Gasteiger partial charge >= 0.3 is 0 Å². The predicted octanol–water partition coefficient (Wildman–Crippen LogP) is 4.09. The van der Waals surface area contributed by atoms with E-state index in [0.717, 1.165) is 30.4 Å². The monoisotopic (exact) mass is 336 g/mol. The molecule has 0 N–H and O–H groups in total. The number of hydrogen-bond acceptors (Lipinski definition) is 4. The molecule has 24 heavy (non-hydrogen) atoms. The summed E-state index contributed by atoms with van der Waals surface area (Å²) >= 11 is 1.79. The van der Waals surface area contributed by atoms with Gasteiger partial charge in [0.15, 0.2) is 5.82 Å². The molecule has 0 atom stereocenters. The fraction of sp³-hybridized carbons (Fsp3) is 0.316. The molecule has 0 spiro atoms. The summed E-state index contributed by atoms with van der Waals surface area (Å²) in [6, 6.07) is 14.7. The largest absolute Gasteiger partial charge is 0.265 e. The molecule has 0 aliphatic heterocycles. The molecule has 1 aliphatic carbocycles. The minimum atomic E-state index is 0.590. The molecule has 0 radical (unpaired) electrons. The molecule has 122 valence electrons. The van der Waals surface area contributed by atoms with Crippen LogP contribution in [0, 0.1) is 0 Å². The Hall–Kier alpha value is -2.14. The molecule has 2 aromatic heterocycles. The Bertz CT molecular complexity index is 721. The molecule has 1 aliphatic rings. The summed E-state index contributed by atoms with van der Waals surface area (Å²) in [5, 5.41) is 4.78. The van der Waals surface area contributed by atoms with Crippen LogP contribution in [0.3, 0.4) is 0 Å². The van der Waals surface area contributed by atoms with E-state index in [1.807, 2.05) is 24.5 Å². The summed E-state index contributed by atoms with van der Waals surface area (Å²) in [6.07, 6.45) is 7.12. The Labute approximate surface area is 146 Å². The summed E-state index contributed by atoms with van der Waals surface area (Å²) < 4.78 is 2.11. The third kappa shape index (κ3) is 3.85. The average Bonchev–Trinajstić information content (AvgIpc) is 3.41. The first-order valence-corrected chi connectivity index (χ1v) is 9.37. The van der Waals surface area contributed by atoms with Crippen molar-refractivity contribution in [3.63, 3.8) is 0 Å². The van der Waals surface area contributed by atoms with Crippen LogP contribution in [0.4, 0.5) is 0 Å². The zero-order valence-corrected chi connectivity index (χ0v) is 14.3. The van der Waals surface area contributed by atoms with Gasteiger partial charge < -0.3 is 0 Å². The summed E-state index contributed by atoms with van der Waals surface area (Å²) in [4.78, 5) is 10.1. The van der Waals surface area contributed by atoms with Gasteiger partial charge in [-0.3, -0.25) is 4.98 Å². The molecule has 4 rings (SSSR count). The summed E-state index contributed by atoms with van der Waals surface area (Å²) in [5.41, 5.74) is 1.34. The summed E-state index contributed by atoms with van der Waals surface area (Å²) in [5.74, 6) is 3.55. The van der Waals surface area contributed by atoms with E-state index in [1.54, 1.807) is 11.8 Å². The second-order valence-corrected chi connectivity index (χ2v) is 7.14. The topological polar surface area (TPSA) is 43.6 Å². The second kappa shape index (κ2) is 7.18. The Morgan fingerprint density at radius 2 is 1.83 bits per heavy atom. The van der Waals surface area contributed by atoms with Crippen LogP contribution in [-0.2, 0) is 18.7 Å². The predicted molar refractivity (Wildman–Crippen MR) is 95.9 cm³/mol. The van der Waals surface area contributed by atoms with Crippen molar-refractivity contribution in [1.29, 1.82) is 0 Å². The van der Waals surface area contributed by atoms with Gasteiger partial charge in [-0.25, -0.2) is 9.67 Å². The number of aryl methyl sites for hydroxylation is 2. The van der Waals surface area contributed by atoms with Crippen molar-refractivity contribution in [2.24, 2.45) is 0 Å². The van der Waals surface area contributed by atoms with E-state index >= 15 is 0 Å². The molecule has 1 saturated carbocycles. The Morgan fingerprint density at radius 3 is 2.58 bits per heavy atom. The van der Waals surface area contributed by atoms with Crippen LogP contribution >= 0.6 is 11.8 Å². The first-order valence-electron chi connectivity index (χ1n) is 8.39. The summed E-state index contributed by atoms with van der Waals surface area (Å²) in [7, 11) is 0. The average molecular weight is 336 g/mol. The highest BCUT2D eigenvalue weighted by atomic mass is 32.2. The van der Waals surface area contributed by atoms with E-state index in [9.17, 15) is 0 Å². The van der Waals surface area contributed by atoms with Gasteiger partial charge in [0, 0.05) is 29.8 Å². The fourth-order valence-corrected chi connectivity index (χ4v) is 3.48. The number of nitrogens with zero attached hydrogens (tertiary/aromatic N) is 4. The zero-order valence-electron chi connectivity index (χ0n) is 13.5. The van der Waals surface area contributed by atoms with Crippen molar-refractivity contribution >= 4 is 11.8 Å². The zero-order chi connectivity index (χ0) is 16.2. The van der Waals surface area contributed by atoms with Crippen LogP contribution in [-0.4, -0.2) is 19.7 Å². The molecule has 3 aromatic rings. The number of aromatic nitrogens is 4. The number of hydrogen-bond donors (Lipinski definition) is 0. The van der Waals surface area contributed by atoms with E-state index < -0.39 is 0 Å². The van der Waals surface area contributed by atoms with Gasteiger partial charge in [0.05, 0.1) is 5.75 Å². The maximum absolute atomic E-state index is 4.81. The lowest BCUT2D eigenvalue weighted by molar-refractivity contribution is 0.587.